The Bertz CT molecular complexity index is 750. The average molecular weight is 383 g/mol. The van der Waals surface area contributed by atoms with Crippen LogP contribution in [0.15, 0.2) is 24.3 Å². The fourth-order valence-corrected chi connectivity index (χ4v) is 5.77. The van der Waals surface area contributed by atoms with Crippen LogP contribution in [0, 0.1) is 13.8 Å². The molecule has 0 radical (unpaired) electrons. The smallest absolute Gasteiger partial charge is 0.0846 e. The molecule has 0 aliphatic heterocycles. The standard InChI is InChI=1S/C25H38N2O/c1-19-20(2)26(25-16-10-9-15-24(19)25)17-23(28)18-27(21-11-5-3-6-12-21)22-13-7-4-8-14-22/h9-10,15-16,21-23,28H,3-8,11-14,17-18H2,1-2H3/t23-/m1/s1. The molecule has 0 bridgehead atoms. The molecular weight excluding hydrogens is 344 g/mol. The van der Waals surface area contributed by atoms with Crippen molar-refractivity contribution in [3.05, 3.63) is 35.5 Å². The van der Waals surface area contributed by atoms with Gasteiger partial charge < -0.3 is 9.67 Å². The zero-order chi connectivity index (χ0) is 19.5. The Morgan fingerprint density at radius 1 is 0.929 bits per heavy atom. The van der Waals surface area contributed by atoms with Gasteiger partial charge in [0.25, 0.3) is 0 Å². The van der Waals surface area contributed by atoms with Crippen molar-refractivity contribution in [2.24, 2.45) is 0 Å². The lowest BCUT2D eigenvalue weighted by Gasteiger charge is -2.42. The van der Waals surface area contributed by atoms with E-state index in [4.69, 9.17) is 0 Å². The lowest BCUT2D eigenvalue weighted by molar-refractivity contribution is 0.0236. The fraction of sp³-hybridized carbons (Fsp3) is 0.680. The monoisotopic (exact) mass is 382 g/mol. The summed E-state index contributed by atoms with van der Waals surface area (Å²) in [7, 11) is 0. The summed E-state index contributed by atoms with van der Waals surface area (Å²) in [5, 5.41) is 12.5. The molecule has 3 heteroatoms. The number of aromatic nitrogens is 1. The highest BCUT2D eigenvalue weighted by Gasteiger charge is 2.30. The van der Waals surface area contributed by atoms with E-state index in [0.717, 1.165) is 6.54 Å². The van der Waals surface area contributed by atoms with Crippen molar-refractivity contribution in [2.45, 2.75) is 103 Å². The van der Waals surface area contributed by atoms with Crippen LogP contribution in [0.5, 0.6) is 0 Å². The molecule has 1 aromatic heterocycles. The Hall–Kier alpha value is -1.32. The van der Waals surface area contributed by atoms with E-state index >= 15 is 0 Å². The summed E-state index contributed by atoms with van der Waals surface area (Å²) in [5.41, 5.74) is 3.90. The first-order chi connectivity index (χ1) is 13.6. The Balaban J connectivity index is 1.51. The highest BCUT2D eigenvalue weighted by atomic mass is 16.3. The summed E-state index contributed by atoms with van der Waals surface area (Å²) in [6.45, 7) is 5.94. The van der Waals surface area contributed by atoms with E-state index in [-0.39, 0.29) is 6.10 Å². The van der Waals surface area contributed by atoms with Gasteiger partial charge in [0.1, 0.15) is 0 Å². The first-order valence-corrected chi connectivity index (χ1v) is 11.6. The Morgan fingerprint density at radius 3 is 2.11 bits per heavy atom. The van der Waals surface area contributed by atoms with Gasteiger partial charge in [-0.05, 0) is 51.2 Å². The number of rotatable bonds is 6. The first-order valence-electron chi connectivity index (χ1n) is 11.6. The Morgan fingerprint density at radius 2 is 1.50 bits per heavy atom. The zero-order valence-electron chi connectivity index (χ0n) is 17.9. The molecule has 0 amide bonds. The van der Waals surface area contributed by atoms with Gasteiger partial charge in [-0.25, -0.2) is 0 Å². The molecule has 1 N–H and O–H groups in total. The van der Waals surface area contributed by atoms with E-state index in [2.05, 4.69) is 47.6 Å². The van der Waals surface area contributed by atoms with E-state index in [0.29, 0.717) is 18.6 Å². The van der Waals surface area contributed by atoms with Gasteiger partial charge in [-0.15, -0.1) is 0 Å². The molecule has 4 rings (SSSR count). The highest BCUT2D eigenvalue weighted by molar-refractivity contribution is 5.85. The minimum Gasteiger partial charge on any atom is -0.390 e. The number of hydrogen-bond donors (Lipinski definition) is 1. The summed E-state index contributed by atoms with van der Waals surface area (Å²) in [6, 6.07) is 10.0. The zero-order valence-corrected chi connectivity index (χ0v) is 17.9. The van der Waals surface area contributed by atoms with Crippen LogP contribution in [0.2, 0.25) is 0 Å². The molecule has 0 saturated heterocycles. The Kier molecular flexibility index (Phi) is 6.42. The molecule has 1 atom stereocenters. The molecule has 2 fully saturated rings. The second kappa shape index (κ2) is 9.00. The number of benzene rings is 1. The second-order valence-corrected chi connectivity index (χ2v) is 9.27. The van der Waals surface area contributed by atoms with Crippen LogP contribution >= 0.6 is 0 Å². The van der Waals surface area contributed by atoms with Gasteiger partial charge >= 0.3 is 0 Å². The van der Waals surface area contributed by atoms with Gasteiger partial charge in [0.2, 0.25) is 0 Å². The predicted octanol–water partition coefficient (Wildman–Crippen LogP) is 5.59. The minimum atomic E-state index is -0.308. The second-order valence-electron chi connectivity index (χ2n) is 9.27. The summed E-state index contributed by atoms with van der Waals surface area (Å²) < 4.78 is 2.34. The van der Waals surface area contributed by atoms with Gasteiger partial charge in [0, 0.05) is 35.2 Å². The SMILES string of the molecule is Cc1c(C)n(C[C@@H](O)CN(C2CCCCC2)C2CCCCC2)c2ccccc12. The molecule has 1 aromatic carbocycles. The van der Waals surface area contributed by atoms with Crippen molar-refractivity contribution in [3.8, 4) is 0 Å². The van der Waals surface area contributed by atoms with E-state index in [1.165, 1.54) is 86.4 Å². The van der Waals surface area contributed by atoms with Crippen molar-refractivity contribution in [3.63, 3.8) is 0 Å². The maximum atomic E-state index is 11.2. The molecule has 3 nitrogen and oxygen atoms in total. The molecule has 154 valence electrons. The van der Waals surface area contributed by atoms with Gasteiger partial charge in [-0.3, -0.25) is 4.90 Å². The molecule has 28 heavy (non-hydrogen) atoms. The van der Waals surface area contributed by atoms with E-state index < -0.39 is 0 Å². The molecule has 0 unspecified atom stereocenters. The van der Waals surface area contributed by atoms with Gasteiger partial charge in [0.05, 0.1) is 12.6 Å². The van der Waals surface area contributed by atoms with Gasteiger partial charge in [-0.1, -0.05) is 56.7 Å². The van der Waals surface area contributed by atoms with E-state index in [1.807, 2.05) is 0 Å². The molecule has 2 aliphatic rings. The molecule has 0 spiro atoms. The summed E-state index contributed by atoms with van der Waals surface area (Å²) in [4.78, 5) is 2.73. The van der Waals surface area contributed by atoms with Crippen LogP contribution < -0.4 is 0 Å². The van der Waals surface area contributed by atoms with Crippen molar-refractivity contribution in [1.82, 2.24) is 9.47 Å². The average Bonchev–Trinajstić information content (AvgIpc) is 2.98. The lowest BCUT2D eigenvalue weighted by atomic mass is 9.88. The van der Waals surface area contributed by atoms with Crippen LogP contribution in [0.1, 0.15) is 75.5 Å². The van der Waals surface area contributed by atoms with Crippen LogP contribution in [0.4, 0.5) is 0 Å². The molecule has 1 heterocycles. The third kappa shape index (κ3) is 4.16. The van der Waals surface area contributed by atoms with Crippen LogP contribution in [0.25, 0.3) is 10.9 Å². The predicted molar refractivity (Wildman–Crippen MR) is 118 cm³/mol. The van der Waals surface area contributed by atoms with Crippen molar-refractivity contribution in [1.29, 1.82) is 0 Å². The normalized spacial score (nSPS) is 20.9. The maximum absolute atomic E-state index is 11.2. The maximum Gasteiger partial charge on any atom is 0.0846 e. The highest BCUT2D eigenvalue weighted by Crippen LogP contribution is 2.31. The van der Waals surface area contributed by atoms with E-state index in [9.17, 15) is 5.11 Å². The third-order valence-electron chi connectivity index (χ3n) is 7.45. The van der Waals surface area contributed by atoms with Crippen LogP contribution in [0.3, 0.4) is 0 Å². The molecule has 2 aliphatic carbocycles. The number of para-hydroxylation sites is 1. The number of hydrogen-bond acceptors (Lipinski definition) is 2. The Labute approximate surface area is 170 Å². The largest absolute Gasteiger partial charge is 0.390 e. The van der Waals surface area contributed by atoms with Crippen molar-refractivity contribution < 1.29 is 5.11 Å². The fourth-order valence-electron chi connectivity index (χ4n) is 5.77. The van der Waals surface area contributed by atoms with Crippen molar-refractivity contribution >= 4 is 10.9 Å². The lowest BCUT2D eigenvalue weighted by Crippen LogP contribution is -2.49. The number of nitrogens with zero attached hydrogens (tertiary/aromatic N) is 2. The summed E-state index contributed by atoms with van der Waals surface area (Å²) in [5.74, 6) is 0. The molecule has 2 saturated carbocycles. The van der Waals surface area contributed by atoms with E-state index in [1.54, 1.807) is 0 Å². The molecule has 2 aromatic rings. The van der Waals surface area contributed by atoms with Crippen LogP contribution in [-0.4, -0.2) is 39.3 Å². The number of aliphatic hydroxyl groups is 1. The summed E-state index contributed by atoms with van der Waals surface area (Å²) in [6.07, 6.45) is 13.3. The van der Waals surface area contributed by atoms with Crippen molar-refractivity contribution in [2.75, 3.05) is 6.54 Å². The molecular formula is C25H38N2O. The van der Waals surface area contributed by atoms with Gasteiger partial charge in [-0.2, -0.15) is 0 Å². The number of aryl methyl sites for hydroxylation is 1. The topological polar surface area (TPSA) is 28.4 Å². The third-order valence-corrected chi connectivity index (χ3v) is 7.45. The quantitative estimate of drug-likeness (QED) is 0.706. The van der Waals surface area contributed by atoms with Crippen LogP contribution in [-0.2, 0) is 6.54 Å². The van der Waals surface area contributed by atoms with Gasteiger partial charge in [0.15, 0.2) is 0 Å². The number of fused-ring (bicyclic) bond motifs is 1. The first kappa shape index (κ1) is 20.0. The minimum absolute atomic E-state index is 0.308. The number of aliphatic hydroxyl groups excluding tert-OH is 1. The summed E-state index contributed by atoms with van der Waals surface area (Å²) >= 11 is 0.